The maximum atomic E-state index is 13.2. The average Bonchev–Trinajstić information content (AvgIpc) is 3.04. The van der Waals surface area contributed by atoms with E-state index in [4.69, 9.17) is 0 Å². The number of hydrogen-bond donors (Lipinski definition) is 0. The lowest BCUT2D eigenvalue weighted by Gasteiger charge is -2.37. The van der Waals surface area contributed by atoms with Crippen LogP contribution in [0.5, 0.6) is 0 Å². The summed E-state index contributed by atoms with van der Waals surface area (Å²) in [5, 5.41) is 0. The highest BCUT2D eigenvalue weighted by molar-refractivity contribution is 6.12. The Morgan fingerprint density at radius 1 is 1.33 bits per heavy atom. The van der Waals surface area contributed by atoms with Crippen molar-refractivity contribution < 1.29 is 14.4 Å². The van der Waals surface area contributed by atoms with Gasteiger partial charge in [-0.1, -0.05) is 24.3 Å². The molecular formula is C17H15NO3. The number of ketones is 1. The summed E-state index contributed by atoms with van der Waals surface area (Å²) in [7, 11) is 0. The summed E-state index contributed by atoms with van der Waals surface area (Å²) in [6.07, 6.45) is 11.1. The number of carbonyl (C=O) groups excluding carboxylic acids is 3. The maximum Gasteiger partial charge on any atom is 0.241 e. The summed E-state index contributed by atoms with van der Waals surface area (Å²) in [4.78, 5) is 39.3. The van der Waals surface area contributed by atoms with Crippen LogP contribution in [0.25, 0.3) is 0 Å². The number of hydrogen-bond acceptors (Lipinski definition) is 3. The highest BCUT2D eigenvalue weighted by atomic mass is 16.2. The summed E-state index contributed by atoms with van der Waals surface area (Å²) in [5.74, 6) is -0.363. The first-order valence-electron chi connectivity index (χ1n) is 7.51. The van der Waals surface area contributed by atoms with Crippen molar-refractivity contribution >= 4 is 17.6 Å². The average molecular weight is 281 g/mol. The van der Waals surface area contributed by atoms with E-state index in [1.165, 1.54) is 11.8 Å². The van der Waals surface area contributed by atoms with Gasteiger partial charge < -0.3 is 0 Å². The lowest BCUT2D eigenvalue weighted by molar-refractivity contribution is -0.148. The molecule has 5 rings (SSSR count). The Bertz CT molecular complexity index is 730. The Kier molecular flexibility index (Phi) is 1.73. The van der Waals surface area contributed by atoms with Crippen molar-refractivity contribution in [1.82, 2.24) is 4.90 Å². The van der Waals surface area contributed by atoms with E-state index in [2.05, 4.69) is 6.08 Å². The van der Waals surface area contributed by atoms with Gasteiger partial charge in [0.1, 0.15) is 5.78 Å². The minimum Gasteiger partial charge on any atom is -0.299 e. The molecule has 3 fully saturated rings. The Labute approximate surface area is 122 Å². The predicted octanol–water partition coefficient (Wildman–Crippen LogP) is 1.60. The quantitative estimate of drug-likeness (QED) is 0.634. The predicted molar refractivity (Wildman–Crippen MR) is 73.5 cm³/mol. The molecule has 4 aliphatic carbocycles. The fourth-order valence-corrected chi connectivity index (χ4v) is 5.79. The third-order valence-corrected chi connectivity index (χ3v) is 6.36. The number of carbonyl (C=O) groups is 3. The second-order valence-corrected chi connectivity index (χ2v) is 6.81. The van der Waals surface area contributed by atoms with Gasteiger partial charge in [-0.15, -0.1) is 0 Å². The van der Waals surface area contributed by atoms with Crippen LogP contribution in [0.1, 0.15) is 19.8 Å². The molecule has 4 nitrogen and oxygen atoms in total. The van der Waals surface area contributed by atoms with Gasteiger partial charge in [0.15, 0.2) is 0 Å². The van der Waals surface area contributed by atoms with Gasteiger partial charge in [-0.2, -0.15) is 0 Å². The monoisotopic (exact) mass is 281 g/mol. The topological polar surface area (TPSA) is 54.5 Å². The molecule has 1 saturated heterocycles. The highest BCUT2D eigenvalue weighted by Gasteiger charge is 2.90. The fraction of sp³-hybridized carbons (Fsp3) is 0.471. The molecule has 1 heterocycles. The molecular weight excluding hydrogens is 266 g/mol. The molecule has 5 atom stereocenters. The fourth-order valence-electron chi connectivity index (χ4n) is 5.79. The van der Waals surface area contributed by atoms with Gasteiger partial charge in [0.25, 0.3) is 0 Å². The van der Waals surface area contributed by atoms with E-state index < -0.39 is 10.8 Å². The molecule has 0 aromatic rings. The SMILES string of the molecule is CC(=O)N1C(=O)C23CC=CCC2C(=O)C2C4C=CC=C1C423. The van der Waals surface area contributed by atoms with Crippen LogP contribution in [0.15, 0.2) is 36.1 Å². The van der Waals surface area contributed by atoms with Crippen LogP contribution in [-0.2, 0) is 14.4 Å². The number of likely N-dealkylation sites (tertiary alicyclic amines) is 1. The van der Waals surface area contributed by atoms with Crippen molar-refractivity contribution in [3.63, 3.8) is 0 Å². The lowest BCUT2D eigenvalue weighted by atomic mass is 9.61. The normalized spacial score (nSPS) is 48.0. The summed E-state index contributed by atoms with van der Waals surface area (Å²) in [5.41, 5.74) is -0.336. The molecule has 1 aliphatic heterocycles. The van der Waals surface area contributed by atoms with Crippen LogP contribution in [0, 0.1) is 28.6 Å². The van der Waals surface area contributed by atoms with E-state index in [0.29, 0.717) is 12.8 Å². The number of rotatable bonds is 0. The maximum absolute atomic E-state index is 13.2. The lowest BCUT2D eigenvalue weighted by Crippen LogP contribution is -2.45. The highest BCUT2D eigenvalue weighted by Crippen LogP contribution is 2.85. The summed E-state index contributed by atoms with van der Waals surface area (Å²) in [6.45, 7) is 1.44. The third kappa shape index (κ3) is 0.869. The first-order valence-corrected chi connectivity index (χ1v) is 7.51. The molecule has 106 valence electrons. The van der Waals surface area contributed by atoms with E-state index in [1.54, 1.807) is 0 Å². The first-order chi connectivity index (χ1) is 10.1. The Hall–Kier alpha value is -1.97. The number of amides is 2. The van der Waals surface area contributed by atoms with Crippen molar-refractivity contribution in [1.29, 1.82) is 0 Å². The largest absolute Gasteiger partial charge is 0.299 e. The Balaban J connectivity index is 1.84. The van der Waals surface area contributed by atoms with Gasteiger partial charge in [-0.3, -0.25) is 19.3 Å². The molecule has 2 amide bonds. The van der Waals surface area contributed by atoms with Crippen molar-refractivity contribution in [3.05, 3.63) is 36.1 Å². The molecule has 0 aromatic heterocycles. The molecule has 0 bridgehead atoms. The van der Waals surface area contributed by atoms with E-state index in [9.17, 15) is 14.4 Å². The van der Waals surface area contributed by atoms with Crippen LogP contribution in [0.2, 0.25) is 0 Å². The number of nitrogens with zero attached hydrogens (tertiary/aromatic N) is 1. The zero-order chi connectivity index (χ0) is 14.6. The second kappa shape index (κ2) is 3.11. The molecule has 5 unspecified atom stereocenters. The van der Waals surface area contributed by atoms with E-state index in [1.807, 2.05) is 24.3 Å². The zero-order valence-electron chi connectivity index (χ0n) is 11.7. The van der Waals surface area contributed by atoms with Crippen molar-refractivity contribution in [2.75, 3.05) is 0 Å². The Morgan fingerprint density at radius 3 is 2.90 bits per heavy atom. The first kappa shape index (κ1) is 11.7. The van der Waals surface area contributed by atoms with Crippen LogP contribution in [0.3, 0.4) is 0 Å². The molecule has 4 heteroatoms. The molecule has 2 saturated carbocycles. The molecule has 0 radical (unpaired) electrons. The number of Topliss-reactive ketones (excluding diaryl/α,β-unsaturated/α-hetero) is 1. The zero-order valence-corrected chi connectivity index (χ0v) is 11.7. The standard InChI is InChI=1S/C17H15NO3/c1-9(19)18-12-7-4-6-10-13-14(20)11-5-2-3-8-16(11,15(18)21)17(10,12)13/h2-4,6-7,10-11,13H,5,8H2,1H3. The van der Waals surface area contributed by atoms with E-state index >= 15 is 0 Å². The molecule has 21 heavy (non-hydrogen) atoms. The van der Waals surface area contributed by atoms with Gasteiger partial charge in [0.2, 0.25) is 11.8 Å². The summed E-state index contributed by atoms with van der Waals surface area (Å²) in [6, 6.07) is 0. The van der Waals surface area contributed by atoms with Crippen molar-refractivity contribution in [3.8, 4) is 0 Å². The van der Waals surface area contributed by atoms with Gasteiger partial charge in [-0.05, 0) is 18.9 Å². The number of fused-ring (bicyclic) bond motifs is 1. The Morgan fingerprint density at radius 2 is 2.14 bits per heavy atom. The van der Waals surface area contributed by atoms with E-state index in [0.717, 1.165) is 5.70 Å². The van der Waals surface area contributed by atoms with Gasteiger partial charge in [-0.25, -0.2) is 0 Å². The van der Waals surface area contributed by atoms with Crippen LogP contribution in [0.4, 0.5) is 0 Å². The van der Waals surface area contributed by atoms with Crippen LogP contribution < -0.4 is 0 Å². The van der Waals surface area contributed by atoms with E-state index in [-0.39, 0.29) is 35.4 Å². The van der Waals surface area contributed by atoms with Gasteiger partial charge in [0, 0.05) is 35.8 Å². The van der Waals surface area contributed by atoms with Gasteiger partial charge >= 0.3 is 0 Å². The van der Waals surface area contributed by atoms with Crippen molar-refractivity contribution in [2.24, 2.45) is 28.6 Å². The molecule has 2 spiro atoms. The van der Waals surface area contributed by atoms with Crippen LogP contribution in [-0.4, -0.2) is 22.5 Å². The summed E-state index contributed by atoms with van der Waals surface area (Å²) < 4.78 is 0. The molecule has 0 aromatic carbocycles. The third-order valence-electron chi connectivity index (χ3n) is 6.36. The van der Waals surface area contributed by atoms with Crippen LogP contribution >= 0.6 is 0 Å². The smallest absolute Gasteiger partial charge is 0.241 e. The molecule has 5 aliphatic rings. The number of allylic oxidation sites excluding steroid dienone is 6. The second-order valence-electron chi connectivity index (χ2n) is 6.81. The summed E-state index contributed by atoms with van der Waals surface area (Å²) >= 11 is 0. The minimum atomic E-state index is -0.698. The van der Waals surface area contributed by atoms with Crippen molar-refractivity contribution in [2.45, 2.75) is 19.8 Å². The van der Waals surface area contributed by atoms with Gasteiger partial charge in [0.05, 0.1) is 5.41 Å². The minimum absolute atomic E-state index is 0.0966. The molecule has 0 N–H and O–H groups in total. The number of imide groups is 1.